The molecule has 4 rings (SSSR count). The Balaban J connectivity index is 1.82. The van der Waals surface area contributed by atoms with E-state index in [0.717, 1.165) is 11.3 Å². The van der Waals surface area contributed by atoms with Crippen molar-refractivity contribution in [3.05, 3.63) is 75.5 Å². The standard InChI is InChI=1S/C19H15N3O4/c1-20-16(10-13-7-3-5-9-15(13)22(25)26)19(24)21-14-8-4-2-6-12(14)11-17(21)18(20)23/h2-10,17H,11H2,1H3/b16-10-. The number of amides is 2. The summed E-state index contributed by atoms with van der Waals surface area (Å²) in [6.07, 6.45) is 1.89. The summed E-state index contributed by atoms with van der Waals surface area (Å²) in [5.74, 6) is -0.536. The van der Waals surface area contributed by atoms with Gasteiger partial charge in [-0.3, -0.25) is 24.6 Å². The van der Waals surface area contributed by atoms with Crippen LogP contribution in [0.5, 0.6) is 0 Å². The van der Waals surface area contributed by atoms with E-state index in [1.165, 1.54) is 29.0 Å². The van der Waals surface area contributed by atoms with Crippen molar-refractivity contribution in [1.82, 2.24) is 4.90 Å². The van der Waals surface area contributed by atoms with Gasteiger partial charge in [-0.05, 0) is 23.8 Å². The zero-order valence-electron chi connectivity index (χ0n) is 14.0. The number of anilines is 1. The summed E-state index contributed by atoms with van der Waals surface area (Å²) in [7, 11) is 1.53. The number of hydrogen-bond donors (Lipinski definition) is 0. The van der Waals surface area contributed by atoms with Crippen LogP contribution in [0.4, 0.5) is 11.4 Å². The minimum absolute atomic E-state index is 0.113. The molecule has 0 aliphatic carbocycles. The summed E-state index contributed by atoms with van der Waals surface area (Å²) in [6, 6.07) is 13.0. The number of nitro benzene ring substituents is 1. The van der Waals surface area contributed by atoms with E-state index in [4.69, 9.17) is 0 Å². The maximum Gasteiger partial charge on any atom is 0.276 e. The molecule has 2 amide bonds. The zero-order chi connectivity index (χ0) is 18.4. The second kappa shape index (κ2) is 5.80. The number of piperazine rings is 1. The topological polar surface area (TPSA) is 83.8 Å². The van der Waals surface area contributed by atoms with E-state index in [9.17, 15) is 19.7 Å². The van der Waals surface area contributed by atoms with Crippen LogP contribution in [0, 0.1) is 10.1 Å². The zero-order valence-corrected chi connectivity index (χ0v) is 14.0. The van der Waals surface area contributed by atoms with Crippen molar-refractivity contribution in [2.45, 2.75) is 12.5 Å². The van der Waals surface area contributed by atoms with Crippen molar-refractivity contribution in [2.75, 3.05) is 11.9 Å². The Labute approximate surface area is 149 Å². The highest BCUT2D eigenvalue weighted by molar-refractivity contribution is 6.18. The predicted molar refractivity (Wildman–Crippen MR) is 95.3 cm³/mol. The smallest absolute Gasteiger partial charge is 0.276 e. The molecule has 1 atom stereocenters. The lowest BCUT2D eigenvalue weighted by Gasteiger charge is -2.36. The van der Waals surface area contributed by atoms with E-state index >= 15 is 0 Å². The van der Waals surface area contributed by atoms with Crippen molar-refractivity contribution in [2.24, 2.45) is 0 Å². The van der Waals surface area contributed by atoms with E-state index in [1.54, 1.807) is 18.2 Å². The Morgan fingerprint density at radius 2 is 1.81 bits per heavy atom. The lowest BCUT2D eigenvalue weighted by molar-refractivity contribution is -0.385. The first kappa shape index (κ1) is 16.0. The third-order valence-electron chi connectivity index (χ3n) is 4.82. The summed E-state index contributed by atoms with van der Waals surface area (Å²) in [5, 5.41) is 11.2. The van der Waals surface area contributed by atoms with Crippen LogP contribution in [0.3, 0.4) is 0 Å². The fourth-order valence-electron chi connectivity index (χ4n) is 3.53. The minimum atomic E-state index is -0.562. The number of hydrogen-bond acceptors (Lipinski definition) is 4. The first-order valence-electron chi connectivity index (χ1n) is 8.13. The van der Waals surface area contributed by atoms with Gasteiger partial charge in [0.2, 0.25) is 5.91 Å². The molecule has 1 fully saturated rings. The molecule has 0 bridgehead atoms. The minimum Gasteiger partial charge on any atom is -0.309 e. The molecular formula is C19H15N3O4. The van der Waals surface area contributed by atoms with Crippen molar-refractivity contribution in [3.63, 3.8) is 0 Å². The van der Waals surface area contributed by atoms with Gasteiger partial charge in [-0.2, -0.15) is 0 Å². The number of carbonyl (C=O) groups excluding carboxylic acids is 2. The molecule has 26 heavy (non-hydrogen) atoms. The van der Waals surface area contributed by atoms with Crippen molar-refractivity contribution in [3.8, 4) is 0 Å². The molecule has 7 heteroatoms. The molecule has 2 heterocycles. The maximum atomic E-state index is 13.1. The summed E-state index contributed by atoms with van der Waals surface area (Å²) in [6.45, 7) is 0. The SMILES string of the molecule is CN1C(=O)C2Cc3ccccc3N2C(=O)/C1=C/c1ccccc1[N+](=O)[O-]. The Hall–Kier alpha value is -3.48. The molecule has 2 aliphatic heterocycles. The first-order valence-corrected chi connectivity index (χ1v) is 8.13. The quantitative estimate of drug-likeness (QED) is 0.473. The monoisotopic (exact) mass is 349 g/mol. The molecule has 0 radical (unpaired) electrons. The fourth-order valence-corrected chi connectivity index (χ4v) is 3.53. The second-order valence-electron chi connectivity index (χ2n) is 6.27. The van der Waals surface area contributed by atoms with Gasteiger partial charge in [0.25, 0.3) is 11.6 Å². The van der Waals surface area contributed by atoms with Crippen LogP contribution in [0.1, 0.15) is 11.1 Å². The van der Waals surface area contributed by atoms with E-state index < -0.39 is 11.0 Å². The number of nitro groups is 1. The molecule has 2 aromatic rings. The third kappa shape index (κ3) is 2.28. The average molecular weight is 349 g/mol. The van der Waals surface area contributed by atoms with Gasteiger partial charge in [0, 0.05) is 25.2 Å². The van der Waals surface area contributed by atoms with Crippen molar-refractivity contribution < 1.29 is 14.5 Å². The normalized spacial score (nSPS) is 20.3. The highest BCUT2D eigenvalue weighted by Crippen LogP contribution is 2.37. The van der Waals surface area contributed by atoms with E-state index in [1.807, 2.05) is 24.3 Å². The van der Waals surface area contributed by atoms with Crippen LogP contribution in [0.2, 0.25) is 0 Å². The number of carbonyl (C=O) groups is 2. The molecular weight excluding hydrogens is 334 g/mol. The number of benzene rings is 2. The van der Waals surface area contributed by atoms with Crippen LogP contribution in [-0.2, 0) is 16.0 Å². The molecule has 1 unspecified atom stereocenters. The molecule has 0 spiro atoms. The summed E-state index contributed by atoms with van der Waals surface area (Å²) in [4.78, 5) is 39.4. The van der Waals surface area contributed by atoms with Crippen molar-refractivity contribution >= 4 is 29.3 Å². The average Bonchev–Trinajstić information content (AvgIpc) is 3.03. The van der Waals surface area contributed by atoms with Gasteiger partial charge < -0.3 is 4.90 Å². The lowest BCUT2D eigenvalue weighted by Crippen LogP contribution is -2.56. The van der Waals surface area contributed by atoms with Gasteiger partial charge in [0.15, 0.2) is 0 Å². The molecule has 2 aliphatic rings. The number of para-hydroxylation sites is 2. The summed E-state index contributed by atoms with van der Waals surface area (Å²) in [5.41, 5.74) is 1.96. The van der Waals surface area contributed by atoms with E-state index in [-0.39, 0.29) is 28.8 Å². The van der Waals surface area contributed by atoms with Gasteiger partial charge >= 0.3 is 0 Å². The van der Waals surface area contributed by atoms with Gasteiger partial charge in [-0.15, -0.1) is 0 Å². The Morgan fingerprint density at radius 1 is 1.12 bits per heavy atom. The third-order valence-corrected chi connectivity index (χ3v) is 4.82. The number of rotatable bonds is 2. The van der Waals surface area contributed by atoms with E-state index in [0.29, 0.717) is 6.42 Å². The number of fused-ring (bicyclic) bond motifs is 3. The van der Waals surface area contributed by atoms with Crippen LogP contribution in [0.15, 0.2) is 54.2 Å². The van der Waals surface area contributed by atoms with E-state index in [2.05, 4.69) is 0 Å². The van der Waals surface area contributed by atoms with Gasteiger partial charge in [0.1, 0.15) is 11.7 Å². The number of likely N-dealkylation sites (N-methyl/N-ethyl adjacent to an activating group) is 1. The molecule has 2 aromatic carbocycles. The summed E-state index contributed by atoms with van der Waals surface area (Å²) >= 11 is 0. The predicted octanol–water partition coefficient (Wildman–Crippen LogP) is 2.37. The summed E-state index contributed by atoms with van der Waals surface area (Å²) < 4.78 is 0. The second-order valence-corrected chi connectivity index (χ2v) is 6.27. The van der Waals surface area contributed by atoms with Crippen LogP contribution in [-0.4, -0.2) is 34.7 Å². The first-order chi connectivity index (χ1) is 12.5. The largest absolute Gasteiger partial charge is 0.309 e. The molecule has 0 N–H and O–H groups in total. The Bertz CT molecular complexity index is 982. The maximum absolute atomic E-state index is 13.1. The molecule has 0 saturated carbocycles. The van der Waals surface area contributed by atoms with Gasteiger partial charge in [-0.25, -0.2) is 0 Å². The highest BCUT2D eigenvalue weighted by Gasteiger charge is 2.46. The lowest BCUT2D eigenvalue weighted by atomic mass is 10.1. The number of nitrogens with zero attached hydrogens (tertiary/aromatic N) is 3. The van der Waals surface area contributed by atoms with Crippen molar-refractivity contribution in [1.29, 1.82) is 0 Å². The Kier molecular flexibility index (Phi) is 3.57. The molecule has 130 valence electrons. The Morgan fingerprint density at radius 3 is 2.58 bits per heavy atom. The van der Waals surface area contributed by atoms with Crippen LogP contribution < -0.4 is 4.90 Å². The van der Waals surface area contributed by atoms with Gasteiger partial charge in [-0.1, -0.05) is 30.3 Å². The molecule has 1 saturated heterocycles. The van der Waals surface area contributed by atoms with Crippen LogP contribution >= 0.6 is 0 Å². The fraction of sp³-hybridized carbons (Fsp3) is 0.158. The van der Waals surface area contributed by atoms with Gasteiger partial charge in [0.05, 0.1) is 10.5 Å². The highest BCUT2D eigenvalue weighted by atomic mass is 16.6. The molecule has 7 nitrogen and oxygen atoms in total. The molecule has 0 aromatic heterocycles. The van der Waals surface area contributed by atoms with Crippen LogP contribution in [0.25, 0.3) is 6.08 Å².